The maximum absolute atomic E-state index is 9.17. The normalized spacial score (nSPS) is 17.8. The number of likely N-dealkylation sites (N-methyl/N-ethyl adjacent to an activating group) is 1. The van der Waals surface area contributed by atoms with Crippen LogP contribution in [0.1, 0.15) is 44.4 Å². The molecule has 0 amide bonds. The fourth-order valence-corrected chi connectivity index (χ4v) is 2.58. The fourth-order valence-electron chi connectivity index (χ4n) is 2.58. The number of aliphatic hydroxyl groups is 1. The molecule has 2 rings (SSSR count). The summed E-state index contributed by atoms with van der Waals surface area (Å²) in [6.45, 7) is 10.8. The van der Waals surface area contributed by atoms with Gasteiger partial charge in [0.25, 0.3) is 0 Å². The van der Waals surface area contributed by atoms with Crippen molar-refractivity contribution in [3.05, 3.63) is 41.7 Å². The van der Waals surface area contributed by atoms with Crippen molar-refractivity contribution in [2.75, 3.05) is 20.2 Å². The second-order valence-corrected chi connectivity index (χ2v) is 4.92. The number of rotatable bonds is 4. The highest BCUT2D eigenvalue weighted by atomic mass is 16.5. The molecule has 1 aliphatic heterocycles. The van der Waals surface area contributed by atoms with Crippen molar-refractivity contribution in [3.8, 4) is 5.75 Å². The molecule has 3 heteroatoms. The number of hydrogen-bond acceptors (Lipinski definition) is 3. The van der Waals surface area contributed by atoms with Gasteiger partial charge in [0.05, 0.1) is 5.76 Å². The molecule has 1 heterocycles. The number of nitrogens with zero attached hydrogens (tertiary/aromatic N) is 1. The first-order chi connectivity index (χ1) is 9.61. The topological polar surface area (TPSA) is 32.7 Å². The van der Waals surface area contributed by atoms with Gasteiger partial charge in [-0.25, -0.2) is 0 Å². The maximum Gasteiger partial charge on any atom is 0.127 e. The third-order valence-electron chi connectivity index (χ3n) is 3.43. The van der Waals surface area contributed by atoms with Gasteiger partial charge in [-0.15, -0.1) is 0 Å². The lowest BCUT2D eigenvalue weighted by Crippen LogP contribution is -2.32. The van der Waals surface area contributed by atoms with Gasteiger partial charge in [0.15, 0.2) is 0 Å². The average molecular weight is 277 g/mol. The molecule has 1 aromatic carbocycles. The highest BCUT2D eigenvalue weighted by Gasteiger charge is 2.24. The number of fused-ring (bicyclic) bond motifs is 1. The molecule has 0 saturated heterocycles. The summed E-state index contributed by atoms with van der Waals surface area (Å²) in [5.74, 6) is 1.56. The molecule has 0 bridgehead atoms. The predicted octanol–water partition coefficient (Wildman–Crippen LogP) is 3.54. The van der Waals surface area contributed by atoms with E-state index in [1.165, 1.54) is 11.1 Å². The van der Waals surface area contributed by atoms with Crippen LogP contribution in [0.5, 0.6) is 5.75 Å². The van der Waals surface area contributed by atoms with E-state index in [4.69, 9.17) is 4.74 Å². The molecular formula is C17H27NO2. The van der Waals surface area contributed by atoms with Gasteiger partial charge >= 0.3 is 0 Å². The summed E-state index contributed by atoms with van der Waals surface area (Å²) in [7, 11) is 2.11. The van der Waals surface area contributed by atoms with Crippen LogP contribution in [0, 0.1) is 0 Å². The van der Waals surface area contributed by atoms with Crippen molar-refractivity contribution in [2.45, 2.75) is 39.7 Å². The van der Waals surface area contributed by atoms with Crippen molar-refractivity contribution in [1.82, 2.24) is 4.90 Å². The molecule has 0 aromatic heterocycles. The molecule has 0 spiro atoms. The number of benzene rings is 1. The molecule has 1 aromatic rings. The summed E-state index contributed by atoms with van der Waals surface area (Å²) < 4.78 is 5.54. The van der Waals surface area contributed by atoms with Gasteiger partial charge in [-0.3, -0.25) is 4.90 Å². The van der Waals surface area contributed by atoms with E-state index >= 15 is 0 Å². The smallest absolute Gasteiger partial charge is 0.127 e. The molecule has 1 aliphatic rings. The highest BCUT2D eigenvalue weighted by molar-refractivity contribution is 5.39. The lowest BCUT2D eigenvalue weighted by molar-refractivity contribution is 0.177. The molecule has 3 nitrogen and oxygen atoms in total. The zero-order valence-electron chi connectivity index (χ0n) is 13.1. The van der Waals surface area contributed by atoms with Gasteiger partial charge in [0.2, 0.25) is 0 Å². The van der Waals surface area contributed by atoms with Crippen LogP contribution < -0.4 is 4.74 Å². The van der Waals surface area contributed by atoms with E-state index in [0.717, 1.165) is 25.1 Å². The lowest BCUT2D eigenvalue weighted by Gasteiger charge is -2.34. The Labute approximate surface area is 122 Å². The van der Waals surface area contributed by atoms with Gasteiger partial charge in [-0.1, -0.05) is 26.5 Å². The number of allylic oxidation sites excluding steroid dienone is 1. The van der Waals surface area contributed by atoms with Crippen LogP contribution in [0.4, 0.5) is 0 Å². The summed E-state index contributed by atoms with van der Waals surface area (Å²) >= 11 is 0. The van der Waals surface area contributed by atoms with Gasteiger partial charge in [0.1, 0.15) is 5.75 Å². The summed E-state index contributed by atoms with van der Waals surface area (Å²) in [4.78, 5) is 2.30. The van der Waals surface area contributed by atoms with E-state index in [-0.39, 0.29) is 6.61 Å². The minimum Gasteiger partial charge on any atom is -0.463 e. The number of ether oxygens (including phenoxy) is 1. The summed E-state index contributed by atoms with van der Waals surface area (Å²) in [5.41, 5.74) is 2.64. The SMILES string of the molecule is C=C(C)Oc1ccc2c(c1)CCN(C)C2CCO.CC. The minimum atomic E-state index is 0.221. The van der Waals surface area contributed by atoms with E-state index in [1.807, 2.05) is 26.8 Å². The monoisotopic (exact) mass is 277 g/mol. The van der Waals surface area contributed by atoms with Crippen molar-refractivity contribution < 1.29 is 9.84 Å². The van der Waals surface area contributed by atoms with Crippen molar-refractivity contribution in [2.24, 2.45) is 0 Å². The lowest BCUT2D eigenvalue weighted by atomic mass is 9.91. The fraction of sp³-hybridized carbons (Fsp3) is 0.529. The predicted molar refractivity (Wildman–Crippen MR) is 84.0 cm³/mol. The highest BCUT2D eigenvalue weighted by Crippen LogP contribution is 2.33. The second kappa shape index (κ2) is 8.08. The Morgan fingerprint density at radius 1 is 1.45 bits per heavy atom. The Balaban J connectivity index is 0.000000956. The van der Waals surface area contributed by atoms with E-state index in [1.54, 1.807) is 0 Å². The molecule has 112 valence electrons. The Morgan fingerprint density at radius 3 is 2.75 bits per heavy atom. The first kappa shape index (κ1) is 16.7. The van der Waals surface area contributed by atoms with Gasteiger partial charge in [-0.2, -0.15) is 0 Å². The van der Waals surface area contributed by atoms with Crippen LogP contribution in [0.25, 0.3) is 0 Å². The molecule has 0 fully saturated rings. The first-order valence-corrected chi connectivity index (χ1v) is 7.39. The summed E-state index contributed by atoms with van der Waals surface area (Å²) in [6.07, 6.45) is 1.81. The molecule has 1 N–H and O–H groups in total. The Morgan fingerprint density at radius 2 is 2.15 bits per heavy atom. The van der Waals surface area contributed by atoms with Crippen LogP contribution >= 0.6 is 0 Å². The number of hydrogen-bond donors (Lipinski definition) is 1. The Bertz CT molecular complexity index is 443. The van der Waals surface area contributed by atoms with Crippen LogP contribution in [0.3, 0.4) is 0 Å². The molecule has 0 radical (unpaired) electrons. The van der Waals surface area contributed by atoms with Gasteiger partial charge in [0, 0.05) is 19.2 Å². The van der Waals surface area contributed by atoms with Gasteiger partial charge < -0.3 is 9.84 Å². The van der Waals surface area contributed by atoms with Crippen molar-refractivity contribution in [1.29, 1.82) is 0 Å². The second-order valence-electron chi connectivity index (χ2n) is 4.92. The van der Waals surface area contributed by atoms with Crippen LogP contribution in [-0.2, 0) is 6.42 Å². The Hall–Kier alpha value is -1.32. The first-order valence-electron chi connectivity index (χ1n) is 7.39. The standard InChI is InChI=1S/C15H21NO2.C2H6/c1-11(2)18-13-4-5-14-12(10-13)6-8-16(3)15(14)7-9-17;1-2/h4-5,10,15,17H,1,6-9H2,2-3H3;1-2H3. The van der Waals surface area contributed by atoms with Crippen LogP contribution in [-0.4, -0.2) is 30.2 Å². The van der Waals surface area contributed by atoms with Crippen molar-refractivity contribution >= 4 is 0 Å². The summed E-state index contributed by atoms with van der Waals surface area (Å²) in [5, 5.41) is 9.17. The molecule has 0 saturated carbocycles. The molecule has 20 heavy (non-hydrogen) atoms. The third kappa shape index (κ3) is 4.09. The van der Waals surface area contributed by atoms with Crippen LogP contribution in [0.15, 0.2) is 30.5 Å². The van der Waals surface area contributed by atoms with E-state index in [0.29, 0.717) is 11.8 Å². The largest absolute Gasteiger partial charge is 0.463 e. The zero-order chi connectivity index (χ0) is 15.1. The minimum absolute atomic E-state index is 0.221. The van der Waals surface area contributed by atoms with E-state index in [2.05, 4.69) is 30.7 Å². The zero-order valence-corrected chi connectivity index (χ0v) is 13.1. The third-order valence-corrected chi connectivity index (χ3v) is 3.43. The Kier molecular flexibility index (Phi) is 6.76. The maximum atomic E-state index is 9.17. The number of aliphatic hydroxyl groups excluding tert-OH is 1. The van der Waals surface area contributed by atoms with E-state index in [9.17, 15) is 5.11 Å². The van der Waals surface area contributed by atoms with Gasteiger partial charge in [-0.05, 0) is 50.1 Å². The quantitative estimate of drug-likeness (QED) is 0.855. The molecule has 0 aliphatic carbocycles. The van der Waals surface area contributed by atoms with Crippen LogP contribution in [0.2, 0.25) is 0 Å². The van der Waals surface area contributed by atoms with Crippen molar-refractivity contribution in [3.63, 3.8) is 0 Å². The summed E-state index contributed by atoms with van der Waals surface area (Å²) in [6, 6.07) is 6.51. The molecular weight excluding hydrogens is 250 g/mol. The average Bonchev–Trinajstić information content (AvgIpc) is 2.44. The molecule has 1 atom stereocenters. The molecule has 1 unspecified atom stereocenters. The van der Waals surface area contributed by atoms with E-state index < -0.39 is 0 Å².